The Kier molecular flexibility index (Phi) is 7.23. The highest BCUT2D eigenvalue weighted by atomic mass is 16.5. The van der Waals surface area contributed by atoms with Crippen LogP contribution in [0.3, 0.4) is 0 Å². The Morgan fingerprint density at radius 3 is 2.52 bits per heavy atom. The number of hydrazine groups is 1. The smallest absolute Gasteiger partial charge is 0.165 e. The summed E-state index contributed by atoms with van der Waals surface area (Å²) >= 11 is 0. The Bertz CT molecular complexity index is 576. The summed E-state index contributed by atoms with van der Waals surface area (Å²) in [6, 6.07) is 15.8. The summed E-state index contributed by atoms with van der Waals surface area (Å²) in [5.74, 6) is 1.47. The van der Waals surface area contributed by atoms with Crippen LogP contribution in [0.25, 0.3) is 0 Å². The van der Waals surface area contributed by atoms with Crippen LogP contribution in [0.4, 0.5) is 5.69 Å². The third kappa shape index (κ3) is 5.47. The molecule has 23 heavy (non-hydrogen) atoms. The second-order valence-electron chi connectivity index (χ2n) is 4.84. The topological polar surface area (TPSA) is 51.8 Å². The standard InChI is InChI=1S/C18H24N2O3/c1-3-22-12-13-23-18-15(8-7-11-17(18)21-2)14-19-20-16-9-5-4-6-10-16/h4-11,19-20H,3,12-14H2,1-2H3. The first kappa shape index (κ1) is 17.1. The van der Waals surface area contributed by atoms with Gasteiger partial charge in [-0.2, -0.15) is 0 Å². The van der Waals surface area contributed by atoms with Crippen molar-refractivity contribution in [1.82, 2.24) is 5.43 Å². The van der Waals surface area contributed by atoms with Crippen LogP contribution in [0.5, 0.6) is 11.5 Å². The van der Waals surface area contributed by atoms with Crippen LogP contribution in [0, 0.1) is 0 Å². The molecule has 0 aliphatic rings. The molecular weight excluding hydrogens is 292 g/mol. The van der Waals surface area contributed by atoms with Crippen molar-refractivity contribution in [2.75, 3.05) is 32.4 Å². The van der Waals surface area contributed by atoms with Crippen molar-refractivity contribution in [3.63, 3.8) is 0 Å². The number of anilines is 1. The summed E-state index contributed by atoms with van der Waals surface area (Å²) in [6.07, 6.45) is 0. The molecule has 0 aromatic heterocycles. The van der Waals surface area contributed by atoms with Crippen LogP contribution in [-0.2, 0) is 11.3 Å². The molecule has 0 aliphatic heterocycles. The molecule has 2 aromatic carbocycles. The summed E-state index contributed by atoms with van der Waals surface area (Å²) < 4.78 is 16.6. The van der Waals surface area contributed by atoms with Gasteiger partial charge >= 0.3 is 0 Å². The fourth-order valence-electron chi connectivity index (χ4n) is 2.14. The Hall–Kier alpha value is -2.24. The molecule has 5 nitrogen and oxygen atoms in total. The zero-order valence-corrected chi connectivity index (χ0v) is 13.7. The van der Waals surface area contributed by atoms with Crippen molar-refractivity contribution in [3.05, 3.63) is 54.1 Å². The summed E-state index contributed by atoms with van der Waals surface area (Å²) in [6.45, 7) is 4.31. The summed E-state index contributed by atoms with van der Waals surface area (Å²) in [5.41, 5.74) is 8.38. The van der Waals surface area contributed by atoms with Gasteiger partial charge in [0, 0.05) is 24.4 Å². The highest BCUT2D eigenvalue weighted by Gasteiger charge is 2.10. The van der Waals surface area contributed by atoms with E-state index < -0.39 is 0 Å². The molecule has 0 atom stereocenters. The second-order valence-corrected chi connectivity index (χ2v) is 4.84. The van der Waals surface area contributed by atoms with Gasteiger partial charge in [0.2, 0.25) is 0 Å². The summed E-state index contributed by atoms with van der Waals surface area (Å²) in [7, 11) is 1.64. The number of nitrogens with one attached hydrogen (secondary N) is 2. The average molecular weight is 316 g/mol. The third-order valence-corrected chi connectivity index (χ3v) is 3.24. The van der Waals surface area contributed by atoms with Gasteiger partial charge in [-0.15, -0.1) is 0 Å². The van der Waals surface area contributed by atoms with Crippen LogP contribution in [-0.4, -0.2) is 26.9 Å². The maximum absolute atomic E-state index is 5.85. The van der Waals surface area contributed by atoms with Crippen molar-refractivity contribution >= 4 is 5.69 Å². The molecule has 0 saturated carbocycles. The maximum atomic E-state index is 5.85. The van der Waals surface area contributed by atoms with Gasteiger partial charge in [-0.3, -0.25) is 0 Å². The van der Waals surface area contributed by atoms with Crippen LogP contribution < -0.4 is 20.3 Å². The van der Waals surface area contributed by atoms with Gasteiger partial charge in [-0.05, 0) is 25.1 Å². The Morgan fingerprint density at radius 1 is 0.957 bits per heavy atom. The molecule has 0 fully saturated rings. The van der Waals surface area contributed by atoms with E-state index in [1.165, 1.54) is 0 Å². The maximum Gasteiger partial charge on any atom is 0.165 e. The van der Waals surface area contributed by atoms with Crippen molar-refractivity contribution in [2.24, 2.45) is 0 Å². The molecule has 0 radical (unpaired) electrons. The van der Waals surface area contributed by atoms with Crippen LogP contribution in [0.1, 0.15) is 12.5 Å². The predicted octanol–water partition coefficient (Wildman–Crippen LogP) is 3.23. The molecule has 5 heteroatoms. The van der Waals surface area contributed by atoms with Gasteiger partial charge in [-0.1, -0.05) is 30.3 Å². The number of benzene rings is 2. The molecule has 0 saturated heterocycles. The molecule has 2 rings (SSSR count). The number of rotatable bonds is 10. The van der Waals surface area contributed by atoms with E-state index in [-0.39, 0.29) is 0 Å². The van der Waals surface area contributed by atoms with Crippen LogP contribution in [0.2, 0.25) is 0 Å². The Morgan fingerprint density at radius 2 is 1.78 bits per heavy atom. The van der Waals surface area contributed by atoms with Gasteiger partial charge in [0.25, 0.3) is 0 Å². The van der Waals surface area contributed by atoms with E-state index in [1.807, 2.05) is 55.5 Å². The second kappa shape index (κ2) is 9.71. The lowest BCUT2D eigenvalue weighted by Crippen LogP contribution is -2.21. The average Bonchev–Trinajstić information content (AvgIpc) is 2.60. The van der Waals surface area contributed by atoms with E-state index in [0.29, 0.717) is 26.4 Å². The molecule has 0 spiro atoms. The minimum Gasteiger partial charge on any atom is -0.493 e. The monoisotopic (exact) mass is 316 g/mol. The normalized spacial score (nSPS) is 10.3. The molecule has 0 aliphatic carbocycles. The van der Waals surface area contributed by atoms with Crippen molar-refractivity contribution in [1.29, 1.82) is 0 Å². The molecular formula is C18H24N2O3. The number of hydrogen-bond acceptors (Lipinski definition) is 5. The van der Waals surface area contributed by atoms with E-state index >= 15 is 0 Å². The van der Waals surface area contributed by atoms with E-state index in [9.17, 15) is 0 Å². The minimum atomic E-state index is 0.493. The fourth-order valence-corrected chi connectivity index (χ4v) is 2.14. The zero-order valence-electron chi connectivity index (χ0n) is 13.7. The molecule has 0 heterocycles. The molecule has 2 N–H and O–H groups in total. The molecule has 0 bridgehead atoms. The minimum absolute atomic E-state index is 0.493. The number of methoxy groups -OCH3 is 1. The largest absolute Gasteiger partial charge is 0.493 e. The van der Waals surface area contributed by atoms with E-state index in [2.05, 4.69) is 10.9 Å². The van der Waals surface area contributed by atoms with Gasteiger partial charge in [-0.25, -0.2) is 5.43 Å². The number of para-hydroxylation sites is 2. The van der Waals surface area contributed by atoms with E-state index in [0.717, 1.165) is 22.7 Å². The van der Waals surface area contributed by atoms with E-state index in [1.54, 1.807) is 7.11 Å². The van der Waals surface area contributed by atoms with Crippen LogP contribution >= 0.6 is 0 Å². The number of ether oxygens (including phenoxy) is 3. The van der Waals surface area contributed by atoms with Crippen LogP contribution in [0.15, 0.2) is 48.5 Å². The quantitative estimate of drug-likeness (QED) is 0.521. The SMILES string of the molecule is CCOCCOc1c(CNNc2ccccc2)cccc1OC. The lowest BCUT2D eigenvalue weighted by atomic mass is 10.2. The highest BCUT2D eigenvalue weighted by molar-refractivity contribution is 5.47. The molecule has 0 amide bonds. The highest BCUT2D eigenvalue weighted by Crippen LogP contribution is 2.31. The van der Waals surface area contributed by atoms with Gasteiger partial charge < -0.3 is 19.6 Å². The first-order chi connectivity index (χ1) is 11.3. The van der Waals surface area contributed by atoms with Crippen molar-refractivity contribution in [3.8, 4) is 11.5 Å². The summed E-state index contributed by atoms with van der Waals surface area (Å²) in [4.78, 5) is 0. The predicted molar refractivity (Wildman–Crippen MR) is 91.9 cm³/mol. The Labute approximate surface area is 137 Å². The van der Waals surface area contributed by atoms with Crippen molar-refractivity contribution < 1.29 is 14.2 Å². The number of hydrogen-bond donors (Lipinski definition) is 2. The van der Waals surface area contributed by atoms with Gasteiger partial charge in [0.1, 0.15) is 6.61 Å². The molecule has 0 unspecified atom stereocenters. The molecule has 124 valence electrons. The van der Waals surface area contributed by atoms with Crippen molar-refractivity contribution in [2.45, 2.75) is 13.5 Å². The first-order valence-corrected chi connectivity index (χ1v) is 7.75. The van der Waals surface area contributed by atoms with Gasteiger partial charge in [0.15, 0.2) is 11.5 Å². The lowest BCUT2D eigenvalue weighted by Gasteiger charge is -2.16. The zero-order chi connectivity index (χ0) is 16.3. The lowest BCUT2D eigenvalue weighted by molar-refractivity contribution is 0.108. The van der Waals surface area contributed by atoms with E-state index in [4.69, 9.17) is 14.2 Å². The summed E-state index contributed by atoms with van der Waals surface area (Å²) in [5, 5.41) is 0. The Balaban J connectivity index is 1.96. The third-order valence-electron chi connectivity index (χ3n) is 3.24. The first-order valence-electron chi connectivity index (χ1n) is 7.75. The van der Waals surface area contributed by atoms with Gasteiger partial charge in [0.05, 0.1) is 13.7 Å². The molecule has 2 aromatic rings. The fraction of sp³-hybridized carbons (Fsp3) is 0.333.